The van der Waals surface area contributed by atoms with Crippen molar-refractivity contribution in [3.05, 3.63) is 23.4 Å². The number of nitrogens with one attached hydrogen (secondary N) is 1. The van der Waals surface area contributed by atoms with Crippen LogP contribution in [0.25, 0.3) is 0 Å². The maximum absolute atomic E-state index is 5.85. The number of likely N-dealkylation sites (N-methyl/N-ethyl adjacent to an activating group) is 1. The van der Waals surface area contributed by atoms with Gasteiger partial charge in [0.1, 0.15) is 6.61 Å². The van der Waals surface area contributed by atoms with E-state index in [0.717, 1.165) is 12.1 Å². The Bertz CT molecular complexity index is 425. The van der Waals surface area contributed by atoms with Crippen molar-refractivity contribution < 1.29 is 4.74 Å². The first-order valence-corrected chi connectivity index (χ1v) is 7.55. The van der Waals surface area contributed by atoms with Gasteiger partial charge in [0, 0.05) is 18.8 Å². The van der Waals surface area contributed by atoms with Crippen molar-refractivity contribution >= 4 is 6.02 Å². The summed E-state index contributed by atoms with van der Waals surface area (Å²) in [6.45, 7) is 6.28. The van der Waals surface area contributed by atoms with Crippen LogP contribution < -0.4 is 5.32 Å². The molecule has 20 heavy (non-hydrogen) atoms. The molecule has 112 valence electrons. The molecule has 0 radical (unpaired) electrons. The number of ether oxygens (including phenoxy) is 1. The number of aliphatic imine (C=N–C) groups is 1. The fourth-order valence-electron chi connectivity index (χ4n) is 2.85. The van der Waals surface area contributed by atoms with Crippen LogP contribution in [0.2, 0.25) is 0 Å². The van der Waals surface area contributed by atoms with Gasteiger partial charge in [0.15, 0.2) is 0 Å². The third-order valence-corrected chi connectivity index (χ3v) is 4.21. The summed E-state index contributed by atoms with van der Waals surface area (Å²) >= 11 is 0. The lowest BCUT2D eigenvalue weighted by Crippen LogP contribution is -2.34. The Balaban J connectivity index is 1.87. The van der Waals surface area contributed by atoms with Crippen LogP contribution in [0.5, 0.6) is 0 Å². The lowest BCUT2D eigenvalue weighted by atomic mass is 9.95. The number of amidine groups is 1. The van der Waals surface area contributed by atoms with E-state index in [1.807, 2.05) is 0 Å². The van der Waals surface area contributed by atoms with Crippen LogP contribution in [0.15, 0.2) is 28.4 Å². The second kappa shape index (κ2) is 6.93. The summed E-state index contributed by atoms with van der Waals surface area (Å²) in [5, 5.41) is 3.32. The molecule has 4 heteroatoms. The molecule has 0 aromatic heterocycles. The summed E-state index contributed by atoms with van der Waals surface area (Å²) in [7, 11) is 3.93. The first-order chi connectivity index (χ1) is 9.60. The Labute approximate surface area is 122 Å². The van der Waals surface area contributed by atoms with E-state index in [4.69, 9.17) is 4.74 Å². The Morgan fingerprint density at radius 3 is 2.95 bits per heavy atom. The maximum atomic E-state index is 5.85. The van der Waals surface area contributed by atoms with E-state index in [1.54, 1.807) is 7.05 Å². The normalized spacial score (nSPS) is 28.1. The number of allylic oxidation sites excluding steroid dienone is 3. The number of nitrogens with zero attached hydrogens (tertiary/aromatic N) is 2. The van der Waals surface area contributed by atoms with Crippen molar-refractivity contribution in [2.45, 2.75) is 39.2 Å². The van der Waals surface area contributed by atoms with Gasteiger partial charge in [-0.2, -0.15) is 0 Å². The Morgan fingerprint density at radius 2 is 2.35 bits per heavy atom. The minimum absolute atomic E-state index is 0.519. The molecule has 0 amide bonds. The van der Waals surface area contributed by atoms with Gasteiger partial charge in [-0.1, -0.05) is 13.0 Å². The van der Waals surface area contributed by atoms with Gasteiger partial charge >= 0.3 is 0 Å². The average molecular weight is 277 g/mol. The van der Waals surface area contributed by atoms with Gasteiger partial charge in [0.25, 0.3) is 6.02 Å². The molecule has 1 N–H and O–H groups in total. The quantitative estimate of drug-likeness (QED) is 0.636. The van der Waals surface area contributed by atoms with Crippen LogP contribution in [0, 0.1) is 5.92 Å². The van der Waals surface area contributed by atoms with Gasteiger partial charge < -0.3 is 15.0 Å². The van der Waals surface area contributed by atoms with Crippen molar-refractivity contribution in [2.75, 3.05) is 27.2 Å². The van der Waals surface area contributed by atoms with E-state index in [0.29, 0.717) is 24.6 Å². The predicted octanol–water partition coefficient (Wildman–Crippen LogP) is 2.54. The maximum Gasteiger partial charge on any atom is 0.288 e. The fourth-order valence-corrected chi connectivity index (χ4v) is 2.85. The highest BCUT2D eigenvalue weighted by atomic mass is 16.5. The van der Waals surface area contributed by atoms with Crippen LogP contribution >= 0.6 is 0 Å². The Hall–Kier alpha value is -1.29. The molecule has 1 aliphatic carbocycles. The summed E-state index contributed by atoms with van der Waals surface area (Å²) in [5.41, 5.74) is 2.49. The van der Waals surface area contributed by atoms with Gasteiger partial charge in [0.2, 0.25) is 0 Å². The van der Waals surface area contributed by atoms with E-state index in [2.05, 4.69) is 48.3 Å². The van der Waals surface area contributed by atoms with Crippen LogP contribution in [0.3, 0.4) is 0 Å². The highest BCUT2D eigenvalue weighted by Crippen LogP contribution is 2.21. The van der Waals surface area contributed by atoms with Crippen LogP contribution in [0.4, 0.5) is 0 Å². The molecule has 2 aliphatic rings. The largest absolute Gasteiger partial charge is 0.463 e. The molecule has 0 bridgehead atoms. The molecule has 2 rings (SSSR count). The van der Waals surface area contributed by atoms with E-state index < -0.39 is 0 Å². The molecule has 0 aromatic rings. The van der Waals surface area contributed by atoms with Crippen LogP contribution in [-0.4, -0.2) is 44.2 Å². The lowest BCUT2D eigenvalue weighted by molar-refractivity contribution is 0.185. The first kappa shape index (κ1) is 15.1. The molecule has 1 unspecified atom stereocenters. The van der Waals surface area contributed by atoms with Gasteiger partial charge in [-0.3, -0.25) is 0 Å². The van der Waals surface area contributed by atoms with Gasteiger partial charge in [-0.05, 0) is 57.3 Å². The topological polar surface area (TPSA) is 36.9 Å². The molecule has 2 atom stereocenters. The summed E-state index contributed by atoms with van der Waals surface area (Å²) in [6.07, 6.45) is 7.95. The second-order valence-corrected chi connectivity index (χ2v) is 5.98. The van der Waals surface area contributed by atoms with Crippen LogP contribution in [-0.2, 0) is 4.74 Å². The number of hydrogen-bond acceptors (Lipinski definition) is 3. The second-order valence-electron chi connectivity index (χ2n) is 5.98. The summed E-state index contributed by atoms with van der Waals surface area (Å²) < 4.78 is 5.85. The predicted molar refractivity (Wildman–Crippen MR) is 83.7 cm³/mol. The Morgan fingerprint density at radius 1 is 1.55 bits per heavy atom. The molecule has 1 fully saturated rings. The number of rotatable bonds is 3. The number of hydrogen-bond donors (Lipinski definition) is 1. The molecule has 4 nitrogen and oxygen atoms in total. The van der Waals surface area contributed by atoms with Gasteiger partial charge in [0.05, 0.1) is 0 Å². The highest BCUT2D eigenvalue weighted by molar-refractivity contribution is 5.76. The summed E-state index contributed by atoms with van der Waals surface area (Å²) in [4.78, 5) is 6.58. The van der Waals surface area contributed by atoms with Crippen molar-refractivity contribution in [2.24, 2.45) is 10.9 Å². The van der Waals surface area contributed by atoms with Crippen molar-refractivity contribution in [1.29, 1.82) is 0 Å². The monoisotopic (exact) mass is 277 g/mol. The van der Waals surface area contributed by atoms with Gasteiger partial charge in [-0.15, -0.1) is 0 Å². The SMILES string of the molecule is CN=C(NC1=C(C)CC(C)C=C1)OC[C@@H]1CCCN1C. The molecule has 1 aliphatic heterocycles. The van der Waals surface area contributed by atoms with Gasteiger partial charge in [-0.25, -0.2) is 4.99 Å². The van der Waals surface area contributed by atoms with E-state index in [-0.39, 0.29) is 0 Å². The van der Waals surface area contributed by atoms with Crippen molar-refractivity contribution in [3.63, 3.8) is 0 Å². The molecule has 0 saturated carbocycles. The zero-order chi connectivity index (χ0) is 14.5. The molecule has 0 spiro atoms. The van der Waals surface area contributed by atoms with Crippen molar-refractivity contribution in [1.82, 2.24) is 10.2 Å². The first-order valence-electron chi connectivity index (χ1n) is 7.55. The van der Waals surface area contributed by atoms with Crippen LogP contribution in [0.1, 0.15) is 33.1 Å². The zero-order valence-corrected chi connectivity index (χ0v) is 13.1. The summed E-state index contributed by atoms with van der Waals surface area (Å²) in [6, 6.07) is 1.14. The van der Waals surface area contributed by atoms with E-state index >= 15 is 0 Å². The third kappa shape index (κ3) is 3.85. The molecular weight excluding hydrogens is 250 g/mol. The average Bonchev–Trinajstić information content (AvgIpc) is 2.82. The minimum Gasteiger partial charge on any atom is -0.463 e. The van der Waals surface area contributed by atoms with E-state index in [9.17, 15) is 0 Å². The standard InChI is InChI=1S/C16H27N3O/c1-12-7-8-15(13(2)10-12)18-16(17-3)20-11-14-6-5-9-19(14)4/h7-8,12,14H,5-6,9-11H2,1-4H3,(H,17,18)/t12?,14-/m0/s1. The van der Waals surface area contributed by atoms with E-state index in [1.165, 1.54) is 25.0 Å². The lowest BCUT2D eigenvalue weighted by Gasteiger charge is -2.22. The number of likely N-dealkylation sites (tertiary alicyclic amines) is 1. The molecule has 1 saturated heterocycles. The molecular formula is C16H27N3O. The minimum atomic E-state index is 0.519. The molecule has 0 aromatic carbocycles. The highest BCUT2D eigenvalue weighted by Gasteiger charge is 2.22. The fraction of sp³-hybridized carbons (Fsp3) is 0.688. The zero-order valence-electron chi connectivity index (χ0n) is 13.1. The smallest absolute Gasteiger partial charge is 0.288 e. The van der Waals surface area contributed by atoms with Crippen molar-refractivity contribution in [3.8, 4) is 0 Å². The Kier molecular flexibility index (Phi) is 5.24. The summed E-state index contributed by atoms with van der Waals surface area (Å²) in [5.74, 6) is 0.621. The third-order valence-electron chi connectivity index (χ3n) is 4.21. The molecule has 1 heterocycles.